The molecule has 0 radical (unpaired) electrons. The van der Waals surface area contributed by atoms with Gasteiger partial charge in [0, 0.05) is 48.1 Å². The number of aromatic nitrogens is 3. The fourth-order valence-electron chi connectivity index (χ4n) is 3.94. The maximum Gasteiger partial charge on any atom is 0.226 e. The number of rotatable bonds is 4. The molecule has 0 unspecified atom stereocenters. The third-order valence-corrected chi connectivity index (χ3v) is 5.82. The minimum atomic E-state index is -0.322. The highest BCUT2D eigenvalue weighted by molar-refractivity contribution is 5.82. The lowest BCUT2D eigenvalue weighted by molar-refractivity contribution is -0.133. The molecule has 2 aromatic heterocycles. The molecule has 5 rings (SSSR count). The third-order valence-electron chi connectivity index (χ3n) is 5.82. The number of hydrogen-bond acceptors (Lipinski definition) is 5. The molecule has 30 heavy (non-hydrogen) atoms. The highest BCUT2D eigenvalue weighted by Gasteiger charge is 2.42. The second kappa shape index (κ2) is 7.48. The van der Waals surface area contributed by atoms with Crippen LogP contribution in [-0.4, -0.2) is 32.3 Å². The van der Waals surface area contributed by atoms with Crippen LogP contribution in [0.5, 0.6) is 0 Å². The number of halogens is 1. The summed E-state index contributed by atoms with van der Waals surface area (Å²) >= 11 is 0. The summed E-state index contributed by atoms with van der Waals surface area (Å²) in [4.78, 5) is 28.3. The van der Waals surface area contributed by atoms with Crippen LogP contribution in [0.25, 0.3) is 11.4 Å². The van der Waals surface area contributed by atoms with Crippen molar-refractivity contribution in [1.29, 1.82) is 0 Å². The lowest BCUT2D eigenvalue weighted by atomic mass is 10.0. The standard InChI is InChI=1S/C23H22FN5O/c1-14-11-18(14)23(30)29-10-7-20-19(13-29)22(26-17-4-2-3-16(24)12-17)28-21(27-20)15-5-8-25-9-6-15/h2-6,8-9,12,14,18H,7,10-11,13H2,1H3,(H,26,27,28)/t14-,18-/m1/s1. The average Bonchev–Trinajstić information content (AvgIpc) is 3.50. The van der Waals surface area contributed by atoms with Crippen molar-refractivity contribution in [3.05, 3.63) is 65.9 Å². The van der Waals surface area contributed by atoms with E-state index in [-0.39, 0.29) is 17.6 Å². The first-order chi connectivity index (χ1) is 14.6. The first-order valence-electron chi connectivity index (χ1n) is 10.2. The number of carbonyl (C=O) groups is 1. The van der Waals surface area contributed by atoms with Crippen LogP contribution in [-0.2, 0) is 17.8 Å². The van der Waals surface area contributed by atoms with E-state index in [9.17, 15) is 9.18 Å². The number of benzene rings is 1. The highest BCUT2D eigenvalue weighted by atomic mass is 19.1. The second-order valence-corrected chi connectivity index (χ2v) is 8.02. The molecule has 0 bridgehead atoms. The number of nitrogens with one attached hydrogen (secondary N) is 1. The molecule has 1 amide bonds. The van der Waals surface area contributed by atoms with Crippen LogP contribution < -0.4 is 5.32 Å². The van der Waals surface area contributed by atoms with E-state index in [1.165, 1.54) is 12.1 Å². The summed E-state index contributed by atoms with van der Waals surface area (Å²) in [7, 11) is 0. The maximum absolute atomic E-state index is 13.7. The number of hydrogen-bond donors (Lipinski definition) is 1. The lowest BCUT2D eigenvalue weighted by Crippen LogP contribution is -2.38. The van der Waals surface area contributed by atoms with Gasteiger partial charge in [0.1, 0.15) is 11.6 Å². The summed E-state index contributed by atoms with van der Waals surface area (Å²) in [5, 5.41) is 3.25. The van der Waals surface area contributed by atoms with Crippen LogP contribution in [0.3, 0.4) is 0 Å². The first kappa shape index (κ1) is 18.7. The smallest absolute Gasteiger partial charge is 0.226 e. The topological polar surface area (TPSA) is 71.0 Å². The van der Waals surface area contributed by atoms with E-state index in [0.717, 1.165) is 23.2 Å². The molecule has 3 aromatic rings. The van der Waals surface area contributed by atoms with E-state index in [1.807, 2.05) is 17.0 Å². The normalized spacial score (nSPS) is 19.9. The minimum Gasteiger partial charge on any atom is -0.340 e. The van der Waals surface area contributed by atoms with Crippen molar-refractivity contribution in [2.45, 2.75) is 26.3 Å². The minimum absolute atomic E-state index is 0.142. The van der Waals surface area contributed by atoms with Crippen molar-refractivity contribution < 1.29 is 9.18 Å². The van der Waals surface area contributed by atoms with E-state index < -0.39 is 0 Å². The zero-order valence-electron chi connectivity index (χ0n) is 16.7. The van der Waals surface area contributed by atoms with Gasteiger partial charge in [-0.2, -0.15) is 0 Å². The van der Waals surface area contributed by atoms with Gasteiger partial charge in [-0.1, -0.05) is 13.0 Å². The molecule has 1 saturated carbocycles. The molecule has 3 heterocycles. The summed E-state index contributed by atoms with van der Waals surface area (Å²) in [6.45, 7) is 3.23. The zero-order valence-corrected chi connectivity index (χ0v) is 16.7. The van der Waals surface area contributed by atoms with Crippen molar-refractivity contribution in [3.8, 4) is 11.4 Å². The van der Waals surface area contributed by atoms with E-state index in [1.54, 1.807) is 24.5 Å². The number of pyridine rings is 1. The number of carbonyl (C=O) groups excluding carboxylic acids is 1. The van der Waals surface area contributed by atoms with Crippen LogP contribution in [0.2, 0.25) is 0 Å². The number of fused-ring (bicyclic) bond motifs is 1. The molecule has 6 nitrogen and oxygen atoms in total. The molecule has 2 atom stereocenters. The highest BCUT2D eigenvalue weighted by Crippen LogP contribution is 2.40. The van der Waals surface area contributed by atoms with E-state index in [4.69, 9.17) is 9.97 Å². The Morgan fingerprint density at radius 1 is 1.20 bits per heavy atom. The summed E-state index contributed by atoms with van der Waals surface area (Å²) in [6.07, 6.45) is 5.04. The molecule has 1 aromatic carbocycles. The van der Waals surface area contributed by atoms with Crippen LogP contribution in [0.4, 0.5) is 15.9 Å². The fraction of sp³-hybridized carbons (Fsp3) is 0.304. The van der Waals surface area contributed by atoms with Crippen molar-refractivity contribution in [2.24, 2.45) is 11.8 Å². The number of nitrogens with zero attached hydrogens (tertiary/aromatic N) is 4. The Morgan fingerprint density at radius 3 is 2.73 bits per heavy atom. The number of anilines is 2. The molecule has 1 aliphatic carbocycles. The molecule has 1 aliphatic heterocycles. The van der Waals surface area contributed by atoms with Gasteiger partial charge >= 0.3 is 0 Å². The molecule has 0 spiro atoms. The molecule has 2 aliphatic rings. The van der Waals surface area contributed by atoms with Crippen LogP contribution in [0.1, 0.15) is 24.6 Å². The van der Waals surface area contributed by atoms with E-state index >= 15 is 0 Å². The van der Waals surface area contributed by atoms with Crippen molar-refractivity contribution in [2.75, 3.05) is 11.9 Å². The van der Waals surface area contributed by atoms with Crippen LogP contribution in [0, 0.1) is 17.7 Å². The Kier molecular flexibility index (Phi) is 4.65. The molecule has 0 saturated heterocycles. The van der Waals surface area contributed by atoms with E-state index in [0.29, 0.717) is 42.8 Å². The fourth-order valence-corrected chi connectivity index (χ4v) is 3.94. The Labute approximate surface area is 174 Å². The molecule has 1 N–H and O–H groups in total. The zero-order chi connectivity index (χ0) is 20.7. The predicted molar refractivity (Wildman–Crippen MR) is 111 cm³/mol. The molecular weight excluding hydrogens is 381 g/mol. The van der Waals surface area contributed by atoms with Gasteiger partial charge in [0.2, 0.25) is 5.91 Å². The van der Waals surface area contributed by atoms with E-state index in [2.05, 4.69) is 17.2 Å². The first-order valence-corrected chi connectivity index (χ1v) is 10.2. The van der Waals surface area contributed by atoms with Gasteiger partial charge in [0.15, 0.2) is 5.82 Å². The Bertz CT molecular complexity index is 1100. The molecule has 7 heteroatoms. The molecule has 152 valence electrons. The van der Waals surface area contributed by atoms with Crippen LogP contribution in [0.15, 0.2) is 48.8 Å². The number of amides is 1. The summed E-state index contributed by atoms with van der Waals surface area (Å²) in [5.41, 5.74) is 3.28. The quantitative estimate of drug-likeness (QED) is 0.714. The summed E-state index contributed by atoms with van der Waals surface area (Å²) < 4.78 is 13.7. The van der Waals surface area contributed by atoms with Crippen molar-refractivity contribution in [3.63, 3.8) is 0 Å². The largest absolute Gasteiger partial charge is 0.340 e. The molecular formula is C23H22FN5O. The lowest BCUT2D eigenvalue weighted by Gasteiger charge is -2.30. The third kappa shape index (κ3) is 3.63. The van der Waals surface area contributed by atoms with Gasteiger partial charge in [-0.25, -0.2) is 14.4 Å². The van der Waals surface area contributed by atoms with Gasteiger partial charge < -0.3 is 10.2 Å². The van der Waals surface area contributed by atoms with Gasteiger partial charge in [-0.05, 0) is 42.7 Å². The monoisotopic (exact) mass is 403 g/mol. The predicted octanol–water partition coefficient (Wildman–Crippen LogP) is 3.96. The summed E-state index contributed by atoms with van der Waals surface area (Å²) in [5.74, 6) is 1.70. The second-order valence-electron chi connectivity index (χ2n) is 8.02. The molecule has 1 fully saturated rings. The van der Waals surface area contributed by atoms with Gasteiger partial charge in [0.25, 0.3) is 0 Å². The van der Waals surface area contributed by atoms with Crippen molar-refractivity contribution in [1.82, 2.24) is 19.9 Å². The van der Waals surface area contributed by atoms with Gasteiger partial charge in [-0.3, -0.25) is 9.78 Å². The average molecular weight is 403 g/mol. The Morgan fingerprint density at radius 2 is 2.00 bits per heavy atom. The SMILES string of the molecule is C[C@@H]1C[C@H]1C(=O)N1CCc2nc(-c3ccncc3)nc(Nc3cccc(F)c3)c2C1. The van der Waals surface area contributed by atoms with Gasteiger partial charge in [0.05, 0.1) is 12.2 Å². The maximum atomic E-state index is 13.7. The Balaban J connectivity index is 1.53. The van der Waals surface area contributed by atoms with Crippen LogP contribution >= 0.6 is 0 Å². The summed E-state index contributed by atoms with van der Waals surface area (Å²) in [6, 6.07) is 10.0. The Hall–Kier alpha value is -3.35. The van der Waals surface area contributed by atoms with Crippen molar-refractivity contribution >= 4 is 17.4 Å². The van der Waals surface area contributed by atoms with Gasteiger partial charge in [-0.15, -0.1) is 0 Å².